The Morgan fingerprint density at radius 1 is 1.03 bits per heavy atom. The summed E-state index contributed by atoms with van der Waals surface area (Å²) in [6, 6.07) is 15.1. The van der Waals surface area contributed by atoms with Gasteiger partial charge in [0.05, 0.1) is 24.2 Å². The van der Waals surface area contributed by atoms with Gasteiger partial charge in [0.25, 0.3) is 5.56 Å². The molecule has 1 saturated carbocycles. The lowest BCUT2D eigenvalue weighted by Gasteiger charge is -2.52. The van der Waals surface area contributed by atoms with Gasteiger partial charge >= 0.3 is 12.2 Å². The zero-order valence-electron chi connectivity index (χ0n) is 21.4. The molecule has 2 aliphatic rings. The number of aliphatic hydroxyl groups is 1. The van der Waals surface area contributed by atoms with Crippen LogP contribution in [0, 0.1) is 5.41 Å². The first-order chi connectivity index (χ1) is 18.6. The SMILES string of the molecule is O=C(N[C@H](c1ccccc1)C(F)(F)F)N1CC[C@@](O)(Cn2cnc(-c3ccccc3)cc2=O)C2(CCCC2)C1. The second-order valence-corrected chi connectivity index (χ2v) is 10.6. The van der Waals surface area contributed by atoms with Crippen molar-refractivity contribution < 1.29 is 23.1 Å². The number of hydrogen-bond donors (Lipinski definition) is 2. The van der Waals surface area contributed by atoms with Crippen LogP contribution in [0.1, 0.15) is 43.7 Å². The first kappa shape index (κ1) is 26.9. The molecular weight excluding hydrogens is 509 g/mol. The molecular formula is C29H31F3N4O3. The number of piperidine rings is 1. The van der Waals surface area contributed by atoms with Crippen LogP contribution in [0.15, 0.2) is 77.9 Å². The summed E-state index contributed by atoms with van der Waals surface area (Å²) in [6.07, 6.45) is -0.232. The Morgan fingerprint density at radius 2 is 1.67 bits per heavy atom. The number of aromatic nitrogens is 2. The summed E-state index contributed by atoms with van der Waals surface area (Å²) < 4.78 is 43.0. The van der Waals surface area contributed by atoms with Gasteiger partial charge in [0.15, 0.2) is 6.04 Å². The van der Waals surface area contributed by atoms with E-state index in [9.17, 15) is 27.9 Å². The molecule has 3 aromatic rings. The molecule has 10 heteroatoms. The fourth-order valence-electron chi connectivity index (χ4n) is 6.08. The van der Waals surface area contributed by atoms with Gasteiger partial charge in [-0.3, -0.25) is 9.36 Å². The topological polar surface area (TPSA) is 87.5 Å². The summed E-state index contributed by atoms with van der Waals surface area (Å²) in [5.41, 5.74) is -1.07. The molecule has 7 nitrogen and oxygen atoms in total. The summed E-state index contributed by atoms with van der Waals surface area (Å²) in [6.45, 7) is 0.172. The number of carbonyl (C=O) groups is 1. The van der Waals surface area contributed by atoms with Gasteiger partial charge in [0.2, 0.25) is 0 Å². The van der Waals surface area contributed by atoms with Crippen LogP contribution in [0.2, 0.25) is 0 Å². The Balaban J connectivity index is 1.35. The second-order valence-electron chi connectivity index (χ2n) is 10.6. The maximum atomic E-state index is 13.9. The lowest BCUT2D eigenvalue weighted by molar-refractivity contribution is -0.157. The third-order valence-corrected chi connectivity index (χ3v) is 8.23. The molecule has 5 rings (SSSR count). The minimum atomic E-state index is -4.67. The number of amides is 2. The number of hydrogen-bond acceptors (Lipinski definition) is 4. The van der Waals surface area contributed by atoms with E-state index in [4.69, 9.17) is 0 Å². The summed E-state index contributed by atoms with van der Waals surface area (Å²) in [5.74, 6) is 0. The molecule has 1 saturated heterocycles. The van der Waals surface area contributed by atoms with Gasteiger partial charge in [-0.15, -0.1) is 0 Å². The number of nitrogens with one attached hydrogen (secondary N) is 1. The van der Waals surface area contributed by atoms with Crippen LogP contribution in [0.5, 0.6) is 0 Å². The van der Waals surface area contributed by atoms with E-state index in [1.54, 1.807) is 6.07 Å². The van der Waals surface area contributed by atoms with Crippen molar-refractivity contribution in [2.75, 3.05) is 13.1 Å². The average Bonchev–Trinajstić information content (AvgIpc) is 3.40. The number of carbonyl (C=O) groups excluding carboxylic acids is 1. The number of benzene rings is 2. The molecule has 0 bridgehead atoms. The highest BCUT2D eigenvalue weighted by Gasteiger charge is 2.56. The zero-order chi connectivity index (χ0) is 27.7. The first-order valence-electron chi connectivity index (χ1n) is 13.1. The maximum absolute atomic E-state index is 13.9. The van der Waals surface area contributed by atoms with Gasteiger partial charge in [-0.2, -0.15) is 13.2 Å². The van der Waals surface area contributed by atoms with E-state index in [2.05, 4.69) is 10.3 Å². The Kier molecular flexibility index (Phi) is 7.24. The molecule has 2 aromatic carbocycles. The normalized spacial score (nSPS) is 21.6. The molecule has 2 N–H and O–H groups in total. The number of alkyl halides is 3. The van der Waals surface area contributed by atoms with E-state index in [0.717, 1.165) is 18.4 Å². The average molecular weight is 541 g/mol. The van der Waals surface area contributed by atoms with Gasteiger partial charge in [-0.05, 0) is 24.8 Å². The summed E-state index contributed by atoms with van der Waals surface area (Å²) in [7, 11) is 0. The van der Waals surface area contributed by atoms with Gasteiger partial charge in [-0.25, -0.2) is 9.78 Å². The summed E-state index contributed by atoms with van der Waals surface area (Å²) >= 11 is 0. The van der Waals surface area contributed by atoms with Crippen LogP contribution >= 0.6 is 0 Å². The highest BCUT2D eigenvalue weighted by atomic mass is 19.4. The fraction of sp³-hybridized carbons (Fsp3) is 0.414. The van der Waals surface area contributed by atoms with E-state index in [1.807, 2.05) is 30.3 Å². The standard InChI is InChI=1S/C29H31F3N4O3/c30-29(31,32)25(22-11-5-2-6-12-22)34-26(38)35-16-15-28(39,27(18-35)13-7-8-14-27)19-36-20-33-23(17-24(36)37)21-9-3-1-4-10-21/h1-6,9-12,17,20,25,39H,7-8,13-16,18-19H2,(H,34,38)/t25-,28-/m1/s1. The van der Waals surface area contributed by atoms with E-state index >= 15 is 0 Å². The Bertz CT molecular complexity index is 1360. The largest absolute Gasteiger partial charge is 0.412 e. The molecule has 2 fully saturated rings. The Morgan fingerprint density at radius 3 is 2.28 bits per heavy atom. The fourth-order valence-corrected chi connectivity index (χ4v) is 6.08. The molecule has 1 aliphatic heterocycles. The number of halogens is 3. The summed E-state index contributed by atoms with van der Waals surface area (Å²) in [4.78, 5) is 31.9. The van der Waals surface area contributed by atoms with Crippen molar-refractivity contribution in [1.29, 1.82) is 0 Å². The van der Waals surface area contributed by atoms with Crippen molar-refractivity contribution in [1.82, 2.24) is 19.8 Å². The number of likely N-dealkylation sites (tertiary alicyclic amines) is 1. The maximum Gasteiger partial charge on any atom is 0.412 e. The Labute approximate surface area is 224 Å². The smallest absolute Gasteiger partial charge is 0.387 e. The van der Waals surface area contributed by atoms with Gasteiger partial charge in [0.1, 0.15) is 0 Å². The van der Waals surface area contributed by atoms with Crippen molar-refractivity contribution in [2.24, 2.45) is 5.41 Å². The van der Waals surface area contributed by atoms with Crippen LogP contribution in [0.25, 0.3) is 11.3 Å². The van der Waals surface area contributed by atoms with Crippen molar-refractivity contribution in [3.05, 3.63) is 89.0 Å². The van der Waals surface area contributed by atoms with E-state index in [-0.39, 0.29) is 37.2 Å². The molecule has 0 radical (unpaired) electrons. The molecule has 1 aromatic heterocycles. The number of urea groups is 1. The number of rotatable bonds is 5. The third-order valence-electron chi connectivity index (χ3n) is 8.23. The molecule has 206 valence electrons. The lowest BCUT2D eigenvalue weighted by atomic mass is 9.66. The quantitative estimate of drug-likeness (QED) is 0.481. The molecule has 2 atom stereocenters. The monoisotopic (exact) mass is 540 g/mol. The van der Waals surface area contributed by atoms with Crippen molar-refractivity contribution in [3.63, 3.8) is 0 Å². The highest BCUT2D eigenvalue weighted by molar-refractivity contribution is 5.75. The van der Waals surface area contributed by atoms with Crippen LogP contribution < -0.4 is 10.9 Å². The molecule has 1 spiro atoms. The van der Waals surface area contributed by atoms with Gasteiger partial charge in [-0.1, -0.05) is 73.5 Å². The molecule has 1 aliphatic carbocycles. The molecule has 39 heavy (non-hydrogen) atoms. The molecule has 2 heterocycles. The number of nitrogens with zero attached hydrogens (tertiary/aromatic N) is 3. The van der Waals surface area contributed by atoms with Crippen LogP contribution in [-0.4, -0.2) is 50.5 Å². The van der Waals surface area contributed by atoms with Gasteiger partial charge in [0, 0.05) is 30.1 Å². The minimum Gasteiger partial charge on any atom is -0.387 e. The zero-order valence-corrected chi connectivity index (χ0v) is 21.4. The molecule has 0 unspecified atom stereocenters. The lowest BCUT2D eigenvalue weighted by Crippen LogP contribution is -2.63. The highest BCUT2D eigenvalue weighted by Crippen LogP contribution is 2.51. The van der Waals surface area contributed by atoms with Crippen molar-refractivity contribution in [2.45, 2.75) is 56.5 Å². The predicted octanol–water partition coefficient (Wildman–Crippen LogP) is 4.92. The van der Waals surface area contributed by atoms with Crippen LogP contribution in [0.4, 0.5) is 18.0 Å². The third kappa shape index (κ3) is 5.43. The Hall–Kier alpha value is -3.66. The van der Waals surface area contributed by atoms with Gasteiger partial charge < -0.3 is 15.3 Å². The second kappa shape index (κ2) is 10.5. The molecule has 2 amide bonds. The first-order valence-corrected chi connectivity index (χ1v) is 13.1. The predicted molar refractivity (Wildman–Crippen MR) is 140 cm³/mol. The van der Waals surface area contributed by atoms with Crippen molar-refractivity contribution >= 4 is 6.03 Å². The summed E-state index contributed by atoms with van der Waals surface area (Å²) in [5, 5.41) is 14.1. The van der Waals surface area contributed by atoms with E-state index in [1.165, 1.54) is 46.1 Å². The van der Waals surface area contributed by atoms with Crippen molar-refractivity contribution in [3.8, 4) is 11.3 Å². The van der Waals surface area contributed by atoms with E-state index in [0.29, 0.717) is 18.5 Å². The van der Waals surface area contributed by atoms with E-state index < -0.39 is 29.3 Å². The minimum absolute atomic E-state index is 0.00143. The van der Waals surface area contributed by atoms with Crippen LogP contribution in [0.3, 0.4) is 0 Å². The van der Waals surface area contributed by atoms with Crippen LogP contribution in [-0.2, 0) is 6.54 Å².